The Balaban J connectivity index is 0.00000190. The van der Waals surface area contributed by atoms with Crippen LogP contribution in [0.3, 0.4) is 0 Å². The van der Waals surface area contributed by atoms with E-state index in [4.69, 9.17) is 0 Å². The Morgan fingerprint density at radius 2 is 1.75 bits per heavy atom. The van der Waals surface area contributed by atoms with Gasteiger partial charge in [-0.2, -0.15) is 0 Å². The molecule has 0 bridgehead atoms. The van der Waals surface area contributed by atoms with Crippen LogP contribution in [0.25, 0.3) is 5.57 Å². The molecule has 1 heteroatoms. The fraction of sp³-hybridized carbons (Fsp3) is 0.519. The van der Waals surface area contributed by atoms with Crippen LogP contribution in [0.4, 0.5) is 0 Å². The van der Waals surface area contributed by atoms with Crippen molar-refractivity contribution >= 4 is 11.3 Å². The molecule has 1 saturated carbocycles. The zero-order chi connectivity index (χ0) is 20.8. The van der Waals surface area contributed by atoms with Crippen molar-refractivity contribution in [2.75, 3.05) is 7.05 Å². The highest BCUT2D eigenvalue weighted by Crippen LogP contribution is 2.28. The summed E-state index contributed by atoms with van der Waals surface area (Å²) in [5.74, 6) is 0.896. The molecule has 0 aliphatic heterocycles. The molecule has 1 aromatic rings. The quantitative estimate of drug-likeness (QED) is 0.245. The number of allylic oxidation sites excluding steroid dienone is 4. The lowest BCUT2D eigenvalue weighted by atomic mass is 9.84. The molecular formula is C27H41N. The zero-order valence-corrected chi connectivity index (χ0v) is 18.8. The van der Waals surface area contributed by atoms with Crippen LogP contribution in [0.5, 0.6) is 0 Å². The van der Waals surface area contributed by atoms with E-state index in [2.05, 4.69) is 75.3 Å². The minimum absolute atomic E-state index is 0.896. The number of nitrogens with zero attached hydrogens (tertiary/aromatic N) is 1. The third kappa shape index (κ3) is 8.00. The van der Waals surface area contributed by atoms with Crippen molar-refractivity contribution < 1.29 is 0 Å². The average Bonchev–Trinajstić information content (AvgIpc) is 2.76. The molecule has 0 radical (unpaired) electrons. The number of hydrogen-bond donors (Lipinski definition) is 0. The summed E-state index contributed by atoms with van der Waals surface area (Å²) in [6.45, 7) is 12.5. The maximum Gasteiger partial charge on any atom is 0.0423 e. The molecule has 1 fully saturated rings. The molecule has 0 spiro atoms. The Morgan fingerprint density at radius 3 is 2.29 bits per heavy atom. The van der Waals surface area contributed by atoms with Gasteiger partial charge < -0.3 is 0 Å². The standard InChI is InChI=1S/C25H37N.C2H4/c1-5-7-13-25(26-4)24(18-20(3)6-2)23-16-14-22(15-17-23)19-21-11-9-8-10-12-21;1-2/h6,14-18,21H,5,7-13,19H2,1-4H3;1-2H2/b20-6-,24-18-,26-25?;. The van der Waals surface area contributed by atoms with Gasteiger partial charge in [-0.25, -0.2) is 0 Å². The van der Waals surface area contributed by atoms with Crippen LogP contribution in [0, 0.1) is 5.92 Å². The van der Waals surface area contributed by atoms with Gasteiger partial charge in [0.1, 0.15) is 0 Å². The van der Waals surface area contributed by atoms with Crippen molar-refractivity contribution in [3.05, 3.63) is 66.3 Å². The van der Waals surface area contributed by atoms with E-state index >= 15 is 0 Å². The predicted octanol–water partition coefficient (Wildman–Crippen LogP) is 8.22. The third-order valence-electron chi connectivity index (χ3n) is 5.69. The Morgan fingerprint density at radius 1 is 1.11 bits per heavy atom. The van der Waals surface area contributed by atoms with Crippen molar-refractivity contribution in [2.45, 2.75) is 78.6 Å². The van der Waals surface area contributed by atoms with Gasteiger partial charge in [-0.1, -0.05) is 81.4 Å². The maximum absolute atomic E-state index is 4.63. The number of hydrogen-bond acceptors (Lipinski definition) is 1. The first-order valence-corrected chi connectivity index (χ1v) is 11.1. The molecule has 0 saturated heterocycles. The van der Waals surface area contributed by atoms with E-state index in [-0.39, 0.29) is 0 Å². The van der Waals surface area contributed by atoms with E-state index in [9.17, 15) is 0 Å². The summed E-state index contributed by atoms with van der Waals surface area (Å²) >= 11 is 0. The minimum Gasteiger partial charge on any atom is -0.292 e. The summed E-state index contributed by atoms with van der Waals surface area (Å²) < 4.78 is 0. The van der Waals surface area contributed by atoms with Crippen LogP contribution in [-0.2, 0) is 6.42 Å². The number of rotatable bonds is 8. The normalized spacial score (nSPS) is 16.5. The van der Waals surface area contributed by atoms with Crippen LogP contribution >= 0.6 is 0 Å². The lowest BCUT2D eigenvalue weighted by Crippen LogP contribution is -2.09. The molecule has 0 atom stereocenters. The summed E-state index contributed by atoms with van der Waals surface area (Å²) in [6, 6.07) is 9.31. The topological polar surface area (TPSA) is 12.4 Å². The van der Waals surface area contributed by atoms with Crippen molar-refractivity contribution in [1.82, 2.24) is 0 Å². The van der Waals surface area contributed by atoms with E-state index in [1.165, 1.54) is 79.4 Å². The Kier molecular flexibility index (Phi) is 12.2. The molecule has 1 aromatic carbocycles. The van der Waals surface area contributed by atoms with Crippen LogP contribution in [-0.4, -0.2) is 12.8 Å². The lowest BCUT2D eigenvalue weighted by Gasteiger charge is -2.21. The molecule has 0 N–H and O–H groups in total. The van der Waals surface area contributed by atoms with Gasteiger partial charge in [-0.3, -0.25) is 4.99 Å². The molecule has 0 amide bonds. The molecule has 154 valence electrons. The van der Waals surface area contributed by atoms with E-state index in [0.717, 1.165) is 12.3 Å². The second kappa shape index (κ2) is 14.2. The first kappa shape index (κ1) is 24.1. The highest BCUT2D eigenvalue weighted by Gasteiger charge is 2.14. The first-order chi connectivity index (χ1) is 13.7. The summed E-state index contributed by atoms with van der Waals surface area (Å²) in [5.41, 5.74) is 6.61. The summed E-state index contributed by atoms with van der Waals surface area (Å²) in [5, 5.41) is 0. The molecule has 1 aliphatic rings. The maximum atomic E-state index is 4.63. The van der Waals surface area contributed by atoms with Crippen LogP contribution in [0.15, 0.2) is 60.1 Å². The van der Waals surface area contributed by atoms with Gasteiger partial charge in [0.25, 0.3) is 0 Å². The van der Waals surface area contributed by atoms with E-state index in [1.54, 1.807) is 0 Å². The zero-order valence-electron chi connectivity index (χ0n) is 18.8. The first-order valence-electron chi connectivity index (χ1n) is 11.1. The molecule has 1 nitrogen and oxygen atoms in total. The Hall–Kier alpha value is -1.89. The van der Waals surface area contributed by atoms with Gasteiger partial charge in [0.15, 0.2) is 0 Å². The highest BCUT2D eigenvalue weighted by molar-refractivity contribution is 6.24. The fourth-order valence-corrected chi connectivity index (χ4v) is 3.90. The third-order valence-corrected chi connectivity index (χ3v) is 5.69. The summed E-state index contributed by atoms with van der Waals surface area (Å²) in [7, 11) is 1.93. The fourth-order valence-electron chi connectivity index (χ4n) is 3.90. The highest BCUT2D eigenvalue weighted by atomic mass is 14.7. The molecular weight excluding hydrogens is 338 g/mol. The summed E-state index contributed by atoms with van der Waals surface area (Å²) in [4.78, 5) is 4.63. The van der Waals surface area contributed by atoms with Crippen LogP contribution < -0.4 is 0 Å². The smallest absolute Gasteiger partial charge is 0.0423 e. The monoisotopic (exact) mass is 379 g/mol. The number of unbranched alkanes of at least 4 members (excludes halogenated alkanes) is 1. The largest absolute Gasteiger partial charge is 0.292 e. The van der Waals surface area contributed by atoms with E-state index in [0.29, 0.717) is 0 Å². The van der Waals surface area contributed by atoms with Gasteiger partial charge >= 0.3 is 0 Å². The number of aliphatic imine (C=N–C) groups is 1. The lowest BCUT2D eigenvalue weighted by molar-refractivity contribution is 0.356. The van der Waals surface area contributed by atoms with Gasteiger partial charge in [-0.15, -0.1) is 13.2 Å². The molecule has 0 aromatic heterocycles. The molecule has 2 rings (SSSR count). The Labute approximate surface area is 174 Å². The van der Waals surface area contributed by atoms with Crippen LogP contribution in [0.1, 0.15) is 83.3 Å². The van der Waals surface area contributed by atoms with Gasteiger partial charge in [-0.05, 0) is 56.2 Å². The average molecular weight is 380 g/mol. The SMILES string of the molecule is C/C=C(C)\C=C(/C(CCCC)=NC)c1ccc(CC2CCCCC2)cc1.C=C. The molecule has 1 aliphatic carbocycles. The van der Waals surface area contributed by atoms with Gasteiger partial charge in [0.2, 0.25) is 0 Å². The molecule has 28 heavy (non-hydrogen) atoms. The predicted molar refractivity (Wildman–Crippen MR) is 128 cm³/mol. The molecule has 0 heterocycles. The Bertz CT molecular complexity index is 639. The number of benzene rings is 1. The van der Waals surface area contributed by atoms with Crippen molar-refractivity contribution in [3.63, 3.8) is 0 Å². The van der Waals surface area contributed by atoms with Crippen molar-refractivity contribution in [1.29, 1.82) is 0 Å². The summed E-state index contributed by atoms with van der Waals surface area (Å²) in [6.07, 6.45) is 16.3. The second-order valence-electron chi connectivity index (χ2n) is 7.77. The van der Waals surface area contributed by atoms with Crippen molar-refractivity contribution in [3.8, 4) is 0 Å². The van der Waals surface area contributed by atoms with E-state index in [1.807, 2.05) is 7.05 Å². The molecule has 0 unspecified atom stereocenters. The van der Waals surface area contributed by atoms with E-state index < -0.39 is 0 Å². The van der Waals surface area contributed by atoms with Gasteiger partial charge in [0.05, 0.1) is 0 Å². The van der Waals surface area contributed by atoms with Crippen LogP contribution in [0.2, 0.25) is 0 Å². The second-order valence-corrected chi connectivity index (χ2v) is 7.77. The van der Waals surface area contributed by atoms with Crippen molar-refractivity contribution in [2.24, 2.45) is 10.9 Å². The minimum atomic E-state index is 0.896. The van der Waals surface area contributed by atoms with Gasteiger partial charge in [0, 0.05) is 18.3 Å².